The van der Waals surface area contributed by atoms with E-state index in [4.69, 9.17) is 45.9 Å². The van der Waals surface area contributed by atoms with E-state index in [1.54, 1.807) is 19.2 Å². The molecule has 2 heterocycles. The van der Waals surface area contributed by atoms with E-state index in [2.05, 4.69) is 4.90 Å². The van der Waals surface area contributed by atoms with Gasteiger partial charge >= 0.3 is 11.9 Å². The van der Waals surface area contributed by atoms with Crippen molar-refractivity contribution in [2.75, 3.05) is 34.4 Å². The molecule has 1 saturated heterocycles. The maximum atomic E-state index is 13.2. The van der Waals surface area contributed by atoms with Gasteiger partial charge in [-0.1, -0.05) is 23.7 Å². The third-order valence-electron chi connectivity index (χ3n) is 6.73. The van der Waals surface area contributed by atoms with Crippen molar-refractivity contribution < 1.29 is 49.0 Å². The molecule has 1 aliphatic heterocycles. The second kappa shape index (κ2) is 13.1. The molecular formula is C27H30ClNO11. The minimum atomic E-state index is -2.27. The Hall–Kier alpha value is -3.68. The molecule has 5 N–H and O–H groups in total. The lowest BCUT2D eigenvalue weighted by Gasteiger charge is -2.25. The topological polar surface area (TPSA) is 187 Å². The molecule has 0 spiro atoms. The number of halogens is 1. The first-order valence-corrected chi connectivity index (χ1v) is 12.4. The number of carboxylic acid groups (broad SMARTS) is 2. The fourth-order valence-corrected chi connectivity index (χ4v) is 4.88. The van der Waals surface area contributed by atoms with Gasteiger partial charge in [0.15, 0.2) is 17.6 Å². The second-order valence-electron chi connectivity index (χ2n) is 9.05. The Morgan fingerprint density at radius 3 is 2.20 bits per heavy atom. The number of carboxylic acids is 2. The quantitative estimate of drug-likeness (QED) is 0.261. The first-order chi connectivity index (χ1) is 19.0. The van der Waals surface area contributed by atoms with E-state index in [0.29, 0.717) is 38.8 Å². The van der Waals surface area contributed by atoms with Gasteiger partial charge < -0.3 is 44.3 Å². The molecule has 0 aliphatic carbocycles. The van der Waals surface area contributed by atoms with Crippen LogP contribution in [0.2, 0.25) is 5.02 Å². The normalized spacial score (nSPS) is 18.5. The van der Waals surface area contributed by atoms with E-state index >= 15 is 0 Å². The largest absolute Gasteiger partial charge is 0.496 e. The van der Waals surface area contributed by atoms with Crippen LogP contribution in [0.1, 0.15) is 17.9 Å². The van der Waals surface area contributed by atoms with Gasteiger partial charge in [0.1, 0.15) is 28.2 Å². The average Bonchev–Trinajstić information content (AvgIpc) is 3.30. The van der Waals surface area contributed by atoms with Gasteiger partial charge in [0, 0.05) is 35.2 Å². The van der Waals surface area contributed by atoms with Crippen molar-refractivity contribution in [1.29, 1.82) is 0 Å². The first-order valence-electron chi connectivity index (χ1n) is 12.1. The van der Waals surface area contributed by atoms with E-state index in [9.17, 15) is 19.5 Å². The van der Waals surface area contributed by atoms with Gasteiger partial charge in [0.25, 0.3) is 0 Å². The molecule has 4 rings (SSSR count). The molecule has 0 amide bonds. The highest BCUT2D eigenvalue weighted by Crippen LogP contribution is 2.45. The lowest BCUT2D eigenvalue weighted by molar-refractivity contribution is -0.165. The average molecular weight is 580 g/mol. The van der Waals surface area contributed by atoms with Gasteiger partial charge in [0.2, 0.25) is 0 Å². The van der Waals surface area contributed by atoms with Crippen molar-refractivity contribution >= 4 is 34.5 Å². The minimum absolute atomic E-state index is 0.00766. The molecule has 1 aromatic heterocycles. The number of benzene rings is 2. The molecule has 12 nitrogen and oxygen atoms in total. The number of aliphatic hydroxyl groups excluding tert-OH is 3. The zero-order valence-electron chi connectivity index (χ0n) is 21.9. The highest BCUT2D eigenvalue weighted by Gasteiger charge is 2.37. The molecule has 1 aliphatic rings. The van der Waals surface area contributed by atoms with E-state index in [1.165, 1.54) is 13.2 Å². The van der Waals surface area contributed by atoms with Crippen LogP contribution in [-0.4, -0.2) is 95.0 Å². The molecule has 2 aromatic carbocycles. The second-order valence-corrected chi connectivity index (χ2v) is 9.45. The Morgan fingerprint density at radius 2 is 1.68 bits per heavy atom. The number of hydrogen-bond acceptors (Lipinski definition) is 10. The number of aliphatic hydroxyl groups is 3. The molecular weight excluding hydrogens is 550 g/mol. The third kappa shape index (κ3) is 6.21. The smallest absolute Gasteiger partial charge is 0.335 e. The van der Waals surface area contributed by atoms with Gasteiger partial charge in [0.05, 0.1) is 25.8 Å². The highest BCUT2D eigenvalue weighted by molar-refractivity contribution is 6.33. The number of carbonyl (C=O) groups is 2. The van der Waals surface area contributed by atoms with Crippen LogP contribution in [0.3, 0.4) is 0 Å². The maximum absolute atomic E-state index is 13.2. The number of likely N-dealkylation sites (tertiary alicyclic amines) is 1. The van der Waals surface area contributed by atoms with Crippen LogP contribution < -0.4 is 14.9 Å². The summed E-state index contributed by atoms with van der Waals surface area (Å²) in [5.74, 6) is -2.27. The van der Waals surface area contributed by atoms with E-state index in [1.807, 2.05) is 25.2 Å². The van der Waals surface area contributed by atoms with Crippen molar-refractivity contribution in [2.24, 2.45) is 0 Å². The van der Waals surface area contributed by atoms with E-state index < -0.39 is 24.1 Å². The Kier molecular flexibility index (Phi) is 10.1. The molecule has 0 radical (unpaired) electrons. The molecule has 4 atom stereocenters. The van der Waals surface area contributed by atoms with Gasteiger partial charge in [-0.25, -0.2) is 9.59 Å². The molecule has 1 fully saturated rings. The standard InChI is InChI=1S/C23H24ClNO5.C4H6O6/c1-25-9-8-14(16(25)12-26)21-19(28-2)11-20(29-3)22-17(27)10-18(30-23(21)22)13-6-4-5-7-15(13)24;5-1(3(7)8)2(6)4(9)10/h4-7,10-11,14,16,26H,8-9,12H2,1-3H3;1-2,5-6H,(H,7,8)(H,9,10)/t14-,16+;/m1./s1. The molecule has 0 saturated carbocycles. The summed E-state index contributed by atoms with van der Waals surface area (Å²) in [7, 11) is 5.06. The number of likely N-dealkylation sites (N-methyl/N-ethyl adjacent to an activating group) is 1. The molecule has 40 heavy (non-hydrogen) atoms. The van der Waals surface area contributed by atoms with Gasteiger partial charge in [-0.2, -0.15) is 0 Å². The van der Waals surface area contributed by atoms with Gasteiger partial charge in [-0.3, -0.25) is 4.79 Å². The summed E-state index contributed by atoms with van der Waals surface area (Å²) in [5, 5.41) is 43.4. The van der Waals surface area contributed by atoms with Crippen LogP contribution in [0.25, 0.3) is 22.3 Å². The number of rotatable bonds is 8. The van der Waals surface area contributed by atoms with Crippen LogP contribution in [0, 0.1) is 0 Å². The monoisotopic (exact) mass is 579 g/mol. The molecule has 216 valence electrons. The summed E-state index contributed by atoms with van der Waals surface area (Å²) >= 11 is 6.36. The fourth-order valence-electron chi connectivity index (χ4n) is 4.65. The van der Waals surface area contributed by atoms with Crippen LogP contribution in [0.5, 0.6) is 11.5 Å². The minimum Gasteiger partial charge on any atom is -0.496 e. The Bertz CT molecular complexity index is 1420. The lowest BCUT2D eigenvalue weighted by Crippen LogP contribution is -2.39. The van der Waals surface area contributed by atoms with E-state index in [0.717, 1.165) is 18.5 Å². The summed E-state index contributed by atoms with van der Waals surface area (Å²) in [6.45, 7) is 0.813. The Labute approximate surface area is 233 Å². The summed E-state index contributed by atoms with van der Waals surface area (Å²) in [6.07, 6.45) is -3.73. The Balaban J connectivity index is 0.000000378. The van der Waals surface area contributed by atoms with E-state index in [-0.39, 0.29) is 24.0 Å². The van der Waals surface area contributed by atoms with Crippen molar-refractivity contribution in [3.05, 3.63) is 57.2 Å². The fraction of sp³-hybridized carbons (Fsp3) is 0.370. The van der Waals surface area contributed by atoms with Crippen molar-refractivity contribution in [1.82, 2.24) is 4.90 Å². The van der Waals surface area contributed by atoms with Gasteiger partial charge in [-0.05, 0) is 32.1 Å². The molecule has 3 aromatic rings. The zero-order valence-corrected chi connectivity index (χ0v) is 22.7. The number of methoxy groups -OCH3 is 2. The number of nitrogens with zero attached hydrogens (tertiary/aromatic N) is 1. The van der Waals surface area contributed by atoms with Crippen molar-refractivity contribution in [2.45, 2.75) is 30.6 Å². The number of hydrogen-bond donors (Lipinski definition) is 5. The molecule has 13 heteroatoms. The molecule has 2 unspecified atom stereocenters. The number of fused-ring (bicyclic) bond motifs is 1. The Morgan fingerprint density at radius 1 is 1.07 bits per heavy atom. The summed E-state index contributed by atoms with van der Waals surface area (Å²) in [4.78, 5) is 34.8. The van der Waals surface area contributed by atoms with Crippen LogP contribution in [0.4, 0.5) is 0 Å². The summed E-state index contributed by atoms with van der Waals surface area (Å²) in [5.41, 5.74) is 1.59. The lowest BCUT2D eigenvalue weighted by atomic mass is 9.89. The predicted molar refractivity (Wildman–Crippen MR) is 144 cm³/mol. The number of ether oxygens (including phenoxy) is 2. The maximum Gasteiger partial charge on any atom is 0.335 e. The SMILES string of the molecule is COc1cc(OC)c2c(=O)cc(-c3ccccc3Cl)oc2c1[C@@H]1CCN(C)[C@H]1CO.O=C(O)C(O)C(O)C(=O)O. The summed E-state index contributed by atoms with van der Waals surface area (Å²) < 4.78 is 17.5. The molecule has 0 bridgehead atoms. The van der Waals surface area contributed by atoms with Crippen LogP contribution >= 0.6 is 11.6 Å². The third-order valence-corrected chi connectivity index (χ3v) is 7.06. The van der Waals surface area contributed by atoms with Crippen molar-refractivity contribution in [3.63, 3.8) is 0 Å². The van der Waals surface area contributed by atoms with Crippen LogP contribution in [0.15, 0.2) is 45.6 Å². The predicted octanol–water partition coefficient (Wildman–Crippen LogP) is 1.79. The summed E-state index contributed by atoms with van der Waals surface area (Å²) in [6, 6.07) is 10.3. The number of aliphatic carboxylic acids is 2. The van der Waals surface area contributed by atoms with Crippen LogP contribution in [-0.2, 0) is 9.59 Å². The highest BCUT2D eigenvalue weighted by atomic mass is 35.5. The van der Waals surface area contributed by atoms with Crippen molar-refractivity contribution in [3.8, 4) is 22.8 Å². The zero-order chi connectivity index (χ0) is 29.7. The van der Waals surface area contributed by atoms with Gasteiger partial charge in [-0.15, -0.1) is 0 Å². The first kappa shape index (κ1) is 30.9.